The smallest absolute Gasteiger partial charge is 0.300 e. The minimum absolute atomic E-state index is 0.188. The van der Waals surface area contributed by atoms with Crippen LogP contribution in [0.5, 0.6) is 0 Å². The number of amides is 1. The van der Waals surface area contributed by atoms with E-state index in [0.717, 1.165) is 12.8 Å². The molecule has 200 valence electrons. The third-order valence-electron chi connectivity index (χ3n) is 6.69. The van der Waals surface area contributed by atoms with E-state index in [1.807, 2.05) is 4.90 Å². The number of piperidine rings is 1. The summed E-state index contributed by atoms with van der Waals surface area (Å²) in [6.07, 6.45) is 4.75. The molecular formula is C26H32N8O4. The molecule has 12 nitrogen and oxygen atoms in total. The summed E-state index contributed by atoms with van der Waals surface area (Å²) in [6.45, 7) is 3.98. The summed E-state index contributed by atoms with van der Waals surface area (Å²) in [7, 11) is 3.48. The van der Waals surface area contributed by atoms with Crippen LogP contribution in [0.3, 0.4) is 0 Å². The molecule has 3 N–H and O–H groups in total. The lowest BCUT2D eigenvalue weighted by molar-refractivity contribution is 0.0817. The van der Waals surface area contributed by atoms with Gasteiger partial charge in [-0.05, 0) is 25.0 Å². The molecule has 2 aliphatic heterocycles. The summed E-state index contributed by atoms with van der Waals surface area (Å²) >= 11 is 0. The van der Waals surface area contributed by atoms with E-state index in [-0.39, 0.29) is 12.0 Å². The van der Waals surface area contributed by atoms with Crippen molar-refractivity contribution in [2.24, 2.45) is 0 Å². The van der Waals surface area contributed by atoms with Gasteiger partial charge in [0, 0.05) is 64.4 Å². The fourth-order valence-corrected chi connectivity index (χ4v) is 4.64. The number of hydrogen-bond donors (Lipinski definition) is 3. The highest BCUT2D eigenvalue weighted by Crippen LogP contribution is 2.30. The van der Waals surface area contributed by atoms with Crippen molar-refractivity contribution in [3.05, 3.63) is 41.7 Å². The number of oxazole rings is 1. The number of morpholine rings is 1. The molecule has 3 aromatic rings. The van der Waals surface area contributed by atoms with Gasteiger partial charge in [0.2, 0.25) is 5.65 Å². The highest BCUT2D eigenvalue weighted by Gasteiger charge is 2.27. The molecule has 12 heteroatoms. The summed E-state index contributed by atoms with van der Waals surface area (Å²) in [5, 5.41) is 13.5. The lowest BCUT2D eigenvalue weighted by Crippen LogP contribution is -2.38. The quantitative estimate of drug-likeness (QED) is 0.379. The minimum Gasteiger partial charge on any atom is -0.422 e. The van der Waals surface area contributed by atoms with Gasteiger partial charge in [-0.15, -0.1) is 0 Å². The standard InChI is InChI=1S/C26H32N8O4/c1-28-16-17(15-27)20-4-3-5-22(29-20)30-25(35)19-14-21-23(32-26(38-21)34-10-12-37-13-11-34)31-24(19)33-8-6-18(36-2)7-9-33/h3-5,14-16,18,27-28H,6-13H2,1-2H3,(H,29,30,35)/b17-16+,27-15?. The molecule has 0 atom stereocenters. The van der Waals surface area contributed by atoms with Crippen molar-refractivity contribution in [3.63, 3.8) is 0 Å². The molecule has 1 amide bonds. The maximum atomic E-state index is 13.6. The van der Waals surface area contributed by atoms with E-state index in [4.69, 9.17) is 24.3 Å². The number of pyridine rings is 2. The number of anilines is 3. The summed E-state index contributed by atoms with van der Waals surface area (Å²) in [5.74, 6) is 0.566. The van der Waals surface area contributed by atoms with Crippen LogP contribution in [0.1, 0.15) is 28.9 Å². The number of rotatable bonds is 8. The first-order valence-electron chi connectivity index (χ1n) is 12.7. The molecule has 0 aliphatic carbocycles. The number of nitrogens with zero attached hydrogens (tertiary/aromatic N) is 5. The van der Waals surface area contributed by atoms with Crippen molar-refractivity contribution in [3.8, 4) is 0 Å². The number of hydrogen-bond acceptors (Lipinski definition) is 11. The Balaban J connectivity index is 1.48. The number of allylic oxidation sites excluding steroid dienone is 1. The largest absolute Gasteiger partial charge is 0.422 e. The first-order valence-corrected chi connectivity index (χ1v) is 12.7. The summed E-state index contributed by atoms with van der Waals surface area (Å²) < 4.78 is 17.0. The fourth-order valence-electron chi connectivity index (χ4n) is 4.64. The topological polar surface area (TPSA) is 142 Å². The Morgan fingerprint density at radius 1 is 1.13 bits per heavy atom. The molecule has 0 spiro atoms. The van der Waals surface area contributed by atoms with E-state index in [1.165, 1.54) is 6.21 Å². The van der Waals surface area contributed by atoms with Crippen LogP contribution < -0.4 is 20.4 Å². The van der Waals surface area contributed by atoms with E-state index < -0.39 is 0 Å². The van der Waals surface area contributed by atoms with Crippen LogP contribution in [0.4, 0.5) is 17.7 Å². The van der Waals surface area contributed by atoms with Crippen LogP contribution in [0.2, 0.25) is 0 Å². The van der Waals surface area contributed by atoms with Crippen molar-refractivity contribution in [2.45, 2.75) is 18.9 Å². The molecule has 2 saturated heterocycles. The number of ether oxygens (including phenoxy) is 2. The number of carbonyl (C=O) groups excluding carboxylic acids is 1. The molecule has 2 aliphatic rings. The third-order valence-corrected chi connectivity index (χ3v) is 6.69. The Hall–Kier alpha value is -4.03. The van der Waals surface area contributed by atoms with E-state index in [2.05, 4.69) is 25.5 Å². The van der Waals surface area contributed by atoms with Crippen molar-refractivity contribution in [1.29, 1.82) is 5.41 Å². The zero-order valence-corrected chi connectivity index (χ0v) is 21.6. The second-order valence-electron chi connectivity index (χ2n) is 9.09. The molecule has 0 unspecified atom stereocenters. The van der Waals surface area contributed by atoms with Crippen molar-refractivity contribution < 1.29 is 18.7 Å². The van der Waals surface area contributed by atoms with Crippen LogP contribution in [-0.2, 0) is 9.47 Å². The lowest BCUT2D eigenvalue weighted by Gasteiger charge is -2.32. The Morgan fingerprint density at radius 2 is 1.92 bits per heavy atom. The van der Waals surface area contributed by atoms with Gasteiger partial charge in [-0.3, -0.25) is 4.79 Å². The summed E-state index contributed by atoms with van der Waals surface area (Å²) in [4.78, 5) is 31.7. The van der Waals surface area contributed by atoms with Crippen molar-refractivity contribution in [2.75, 3.05) is 68.7 Å². The number of nitrogens with one attached hydrogen (secondary N) is 3. The van der Waals surface area contributed by atoms with Gasteiger partial charge in [-0.1, -0.05) is 6.07 Å². The molecule has 3 aromatic heterocycles. The maximum Gasteiger partial charge on any atom is 0.300 e. The highest BCUT2D eigenvalue weighted by molar-refractivity contribution is 6.09. The highest BCUT2D eigenvalue weighted by atomic mass is 16.5. The molecule has 5 heterocycles. The molecular weight excluding hydrogens is 488 g/mol. The number of aromatic nitrogens is 3. The third kappa shape index (κ3) is 5.46. The molecule has 2 fully saturated rings. The Kier molecular flexibility index (Phi) is 7.80. The molecule has 0 saturated carbocycles. The monoisotopic (exact) mass is 520 g/mol. The van der Waals surface area contributed by atoms with Gasteiger partial charge in [0.05, 0.1) is 30.6 Å². The van der Waals surface area contributed by atoms with Crippen LogP contribution in [0.25, 0.3) is 16.8 Å². The van der Waals surface area contributed by atoms with Gasteiger partial charge in [-0.25, -0.2) is 9.97 Å². The molecule has 0 aromatic carbocycles. The Bertz CT molecular complexity index is 1330. The summed E-state index contributed by atoms with van der Waals surface area (Å²) in [5.41, 5.74) is 2.43. The minimum atomic E-state index is -0.355. The number of fused-ring (bicyclic) bond motifs is 1. The predicted octanol–water partition coefficient (Wildman–Crippen LogP) is 2.53. The lowest BCUT2D eigenvalue weighted by atomic mass is 10.1. The fraction of sp³-hybridized carbons (Fsp3) is 0.423. The number of carbonyl (C=O) groups is 1. The second-order valence-corrected chi connectivity index (χ2v) is 9.09. The maximum absolute atomic E-state index is 13.6. The van der Waals surface area contributed by atoms with E-state index >= 15 is 0 Å². The van der Waals surface area contributed by atoms with E-state index in [0.29, 0.717) is 85.1 Å². The van der Waals surface area contributed by atoms with Crippen LogP contribution in [0.15, 0.2) is 34.9 Å². The van der Waals surface area contributed by atoms with Crippen LogP contribution in [-0.4, -0.2) is 86.7 Å². The summed E-state index contributed by atoms with van der Waals surface area (Å²) in [6, 6.07) is 7.46. The van der Waals surface area contributed by atoms with Gasteiger partial charge in [0.25, 0.3) is 11.9 Å². The second kappa shape index (κ2) is 11.6. The predicted molar refractivity (Wildman–Crippen MR) is 145 cm³/mol. The van der Waals surface area contributed by atoms with Crippen LogP contribution >= 0.6 is 0 Å². The molecule has 0 radical (unpaired) electrons. The first-order chi connectivity index (χ1) is 18.6. The normalized spacial score (nSPS) is 17.1. The van der Waals surface area contributed by atoms with Gasteiger partial charge in [0.15, 0.2) is 5.58 Å². The average molecular weight is 521 g/mol. The average Bonchev–Trinajstić information content (AvgIpc) is 3.39. The van der Waals surface area contributed by atoms with Gasteiger partial charge in [-0.2, -0.15) is 4.98 Å². The van der Waals surface area contributed by atoms with Gasteiger partial charge < -0.3 is 39.7 Å². The van der Waals surface area contributed by atoms with Crippen molar-refractivity contribution in [1.82, 2.24) is 20.3 Å². The first kappa shape index (κ1) is 25.6. The van der Waals surface area contributed by atoms with Crippen molar-refractivity contribution >= 4 is 46.6 Å². The number of methoxy groups -OCH3 is 1. The SMILES string of the molecule is CN/C=C(\C=N)c1cccc(NC(=O)c2cc3oc(N4CCOCC4)nc3nc2N2CCC(OC)CC2)n1. The molecule has 0 bridgehead atoms. The zero-order valence-electron chi connectivity index (χ0n) is 21.6. The van der Waals surface area contributed by atoms with E-state index in [9.17, 15) is 4.79 Å². The molecule has 5 rings (SSSR count). The van der Waals surface area contributed by atoms with Gasteiger partial charge in [0.1, 0.15) is 11.6 Å². The molecule has 38 heavy (non-hydrogen) atoms. The zero-order chi connectivity index (χ0) is 26.5. The Labute approximate surface area is 220 Å². The van der Waals surface area contributed by atoms with Gasteiger partial charge >= 0.3 is 0 Å². The van der Waals surface area contributed by atoms with Crippen LogP contribution in [0, 0.1) is 5.41 Å². The van der Waals surface area contributed by atoms with E-state index in [1.54, 1.807) is 44.6 Å². The Morgan fingerprint density at radius 3 is 2.63 bits per heavy atom.